The first-order chi connectivity index (χ1) is 9.86. The van der Waals surface area contributed by atoms with Crippen LogP contribution in [-0.2, 0) is 19.2 Å². The van der Waals surface area contributed by atoms with Crippen LogP contribution in [0.3, 0.4) is 0 Å². The van der Waals surface area contributed by atoms with Crippen LogP contribution < -0.4 is 16.6 Å². The summed E-state index contributed by atoms with van der Waals surface area (Å²) in [7, 11) is 0. The Morgan fingerprint density at radius 2 is 1.62 bits per heavy atom. The summed E-state index contributed by atoms with van der Waals surface area (Å²) >= 11 is 0. The molecule has 8 heteroatoms. The standard InChI is InChI=1S/C13H23N3O5/c1-9(17)8-10(13(21)16-14)15-11(18)6-4-2-3-5-7-12(19)20/h10H,2-8,14H2,1H3,(H,15,18)(H,16,21)(H,19,20)/t10-/m1/s1. The molecule has 120 valence electrons. The van der Waals surface area contributed by atoms with Crippen molar-refractivity contribution >= 4 is 23.6 Å². The molecule has 0 heterocycles. The molecule has 0 fully saturated rings. The Hall–Kier alpha value is -1.96. The molecule has 0 aromatic rings. The first kappa shape index (κ1) is 19.0. The predicted molar refractivity (Wildman–Crippen MR) is 74.9 cm³/mol. The van der Waals surface area contributed by atoms with Crippen LogP contribution in [-0.4, -0.2) is 34.7 Å². The number of rotatable bonds is 11. The Bertz CT molecular complexity index is 384. The molecule has 0 radical (unpaired) electrons. The van der Waals surface area contributed by atoms with Gasteiger partial charge in [-0.15, -0.1) is 0 Å². The number of hydrazine groups is 1. The van der Waals surface area contributed by atoms with Gasteiger partial charge in [0.15, 0.2) is 0 Å². The molecular weight excluding hydrogens is 278 g/mol. The number of unbranched alkanes of at least 4 members (excludes halogenated alkanes) is 3. The normalized spacial score (nSPS) is 11.5. The van der Waals surface area contributed by atoms with Crippen LogP contribution in [0.5, 0.6) is 0 Å². The molecule has 0 aromatic carbocycles. The molecule has 21 heavy (non-hydrogen) atoms. The summed E-state index contributed by atoms with van der Waals surface area (Å²) < 4.78 is 0. The minimum atomic E-state index is -0.952. The van der Waals surface area contributed by atoms with Crippen LogP contribution in [0.1, 0.15) is 51.9 Å². The zero-order valence-corrected chi connectivity index (χ0v) is 12.2. The molecule has 1 atom stereocenters. The number of carbonyl (C=O) groups is 4. The molecule has 0 unspecified atom stereocenters. The Balaban J connectivity index is 3.95. The molecular formula is C13H23N3O5. The molecule has 8 nitrogen and oxygen atoms in total. The Morgan fingerprint density at radius 3 is 2.10 bits per heavy atom. The van der Waals surface area contributed by atoms with E-state index in [1.54, 1.807) is 0 Å². The third-order valence-electron chi connectivity index (χ3n) is 2.83. The van der Waals surface area contributed by atoms with Gasteiger partial charge in [-0.2, -0.15) is 0 Å². The average Bonchev–Trinajstić information content (AvgIpc) is 2.40. The van der Waals surface area contributed by atoms with Crippen LogP contribution >= 0.6 is 0 Å². The van der Waals surface area contributed by atoms with Crippen LogP contribution in [0.4, 0.5) is 0 Å². The highest BCUT2D eigenvalue weighted by Crippen LogP contribution is 2.06. The molecule has 5 N–H and O–H groups in total. The number of hydrogen-bond donors (Lipinski definition) is 4. The highest BCUT2D eigenvalue weighted by molar-refractivity contribution is 5.91. The molecule has 0 saturated heterocycles. The first-order valence-corrected chi connectivity index (χ1v) is 6.88. The van der Waals surface area contributed by atoms with Gasteiger partial charge in [-0.1, -0.05) is 12.8 Å². The second kappa shape index (κ2) is 10.8. The molecule has 0 rings (SSSR count). The van der Waals surface area contributed by atoms with Gasteiger partial charge in [0, 0.05) is 19.3 Å². The van der Waals surface area contributed by atoms with Gasteiger partial charge in [0.2, 0.25) is 5.91 Å². The average molecular weight is 301 g/mol. The van der Waals surface area contributed by atoms with Crippen LogP contribution in [0.15, 0.2) is 0 Å². The highest BCUT2D eigenvalue weighted by Gasteiger charge is 2.21. The van der Waals surface area contributed by atoms with Crippen molar-refractivity contribution in [3.8, 4) is 0 Å². The topological polar surface area (TPSA) is 139 Å². The van der Waals surface area contributed by atoms with E-state index in [0.29, 0.717) is 12.8 Å². The zero-order chi connectivity index (χ0) is 16.3. The molecule has 0 aliphatic heterocycles. The van der Waals surface area contributed by atoms with Gasteiger partial charge in [-0.25, -0.2) is 5.84 Å². The van der Waals surface area contributed by atoms with Crippen molar-refractivity contribution in [1.29, 1.82) is 0 Å². The largest absolute Gasteiger partial charge is 0.481 e. The second-order valence-corrected chi connectivity index (χ2v) is 4.84. The van der Waals surface area contributed by atoms with E-state index < -0.39 is 17.9 Å². The molecule has 0 saturated carbocycles. The van der Waals surface area contributed by atoms with Crippen LogP contribution in [0.25, 0.3) is 0 Å². The second-order valence-electron chi connectivity index (χ2n) is 4.84. The van der Waals surface area contributed by atoms with E-state index in [1.807, 2.05) is 5.43 Å². The predicted octanol–water partition coefficient (Wildman–Crippen LogP) is -0.135. The van der Waals surface area contributed by atoms with E-state index in [0.717, 1.165) is 12.8 Å². The van der Waals surface area contributed by atoms with Gasteiger partial charge in [-0.05, 0) is 19.8 Å². The lowest BCUT2D eigenvalue weighted by Crippen LogP contribution is -2.49. The van der Waals surface area contributed by atoms with Gasteiger partial charge in [0.25, 0.3) is 5.91 Å². The summed E-state index contributed by atoms with van der Waals surface area (Å²) in [5.41, 5.74) is 1.91. The molecule has 0 bridgehead atoms. The van der Waals surface area contributed by atoms with E-state index in [9.17, 15) is 19.2 Å². The lowest BCUT2D eigenvalue weighted by Gasteiger charge is -2.15. The van der Waals surface area contributed by atoms with Crippen molar-refractivity contribution in [2.24, 2.45) is 5.84 Å². The maximum atomic E-state index is 11.7. The minimum absolute atomic E-state index is 0.104. The van der Waals surface area contributed by atoms with Crippen molar-refractivity contribution < 1.29 is 24.3 Å². The third-order valence-corrected chi connectivity index (χ3v) is 2.83. The molecule has 0 aliphatic carbocycles. The Labute approximate surface area is 123 Å². The van der Waals surface area contributed by atoms with Crippen molar-refractivity contribution in [2.75, 3.05) is 0 Å². The van der Waals surface area contributed by atoms with Gasteiger partial charge < -0.3 is 10.4 Å². The Morgan fingerprint density at radius 1 is 1.05 bits per heavy atom. The number of carboxylic acids is 1. The monoisotopic (exact) mass is 301 g/mol. The summed E-state index contributed by atoms with van der Waals surface area (Å²) in [6.07, 6.45) is 2.90. The van der Waals surface area contributed by atoms with Gasteiger partial charge in [0.1, 0.15) is 11.8 Å². The van der Waals surface area contributed by atoms with E-state index in [-0.39, 0.29) is 31.0 Å². The quantitative estimate of drug-likeness (QED) is 0.181. The lowest BCUT2D eigenvalue weighted by atomic mass is 10.1. The summed E-state index contributed by atoms with van der Waals surface area (Å²) in [6.45, 7) is 1.32. The number of carbonyl (C=O) groups excluding carboxylic acids is 3. The highest BCUT2D eigenvalue weighted by atomic mass is 16.4. The van der Waals surface area contributed by atoms with E-state index in [2.05, 4.69) is 5.32 Å². The third kappa shape index (κ3) is 10.5. The first-order valence-electron chi connectivity index (χ1n) is 6.88. The summed E-state index contributed by atoms with van der Waals surface area (Å²) in [4.78, 5) is 44.4. The summed E-state index contributed by atoms with van der Waals surface area (Å²) in [5.74, 6) is 3.00. The van der Waals surface area contributed by atoms with Gasteiger partial charge in [-0.3, -0.25) is 24.6 Å². The molecule has 0 spiro atoms. The minimum Gasteiger partial charge on any atom is -0.481 e. The molecule has 0 aliphatic rings. The van der Waals surface area contributed by atoms with Crippen molar-refractivity contribution in [3.05, 3.63) is 0 Å². The number of ketones is 1. The fourth-order valence-corrected chi connectivity index (χ4v) is 1.78. The van der Waals surface area contributed by atoms with Crippen molar-refractivity contribution in [2.45, 2.75) is 57.9 Å². The summed E-state index contributed by atoms with van der Waals surface area (Å²) in [5, 5.41) is 10.9. The van der Waals surface area contributed by atoms with Gasteiger partial charge in [0.05, 0.1) is 0 Å². The summed E-state index contributed by atoms with van der Waals surface area (Å²) in [6, 6.07) is -0.952. The maximum absolute atomic E-state index is 11.7. The molecule has 0 aromatic heterocycles. The molecule has 2 amide bonds. The fraction of sp³-hybridized carbons (Fsp3) is 0.692. The van der Waals surface area contributed by atoms with Crippen molar-refractivity contribution in [1.82, 2.24) is 10.7 Å². The van der Waals surface area contributed by atoms with Crippen molar-refractivity contribution in [3.63, 3.8) is 0 Å². The number of amides is 2. The van der Waals surface area contributed by atoms with Gasteiger partial charge >= 0.3 is 5.97 Å². The number of Topliss-reactive ketones (excluding diaryl/α,β-unsaturated/α-hetero) is 1. The van der Waals surface area contributed by atoms with E-state index in [1.165, 1.54) is 6.92 Å². The zero-order valence-electron chi connectivity index (χ0n) is 12.2. The number of nitrogens with two attached hydrogens (primary N) is 1. The Kier molecular flexibility index (Phi) is 9.78. The van der Waals surface area contributed by atoms with Crippen LogP contribution in [0.2, 0.25) is 0 Å². The lowest BCUT2D eigenvalue weighted by molar-refractivity contribution is -0.137. The van der Waals surface area contributed by atoms with Crippen LogP contribution in [0, 0.1) is 0 Å². The number of aliphatic carboxylic acids is 1. The number of carboxylic acid groups (broad SMARTS) is 1. The maximum Gasteiger partial charge on any atom is 0.303 e. The number of hydrogen-bond acceptors (Lipinski definition) is 5. The van der Waals surface area contributed by atoms with E-state index >= 15 is 0 Å². The smallest absolute Gasteiger partial charge is 0.303 e. The SMILES string of the molecule is CC(=O)C[C@@H](NC(=O)CCCCCCC(=O)O)C(=O)NN. The number of nitrogens with one attached hydrogen (secondary N) is 2. The fourth-order valence-electron chi connectivity index (χ4n) is 1.78. The van der Waals surface area contributed by atoms with E-state index in [4.69, 9.17) is 10.9 Å².